The number of allylic oxidation sites excluding steroid dienone is 4. The first kappa shape index (κ1) is 13.8. The smallest absolute Gasteiger partial charge is 0.150 e. The summed E-state index contributed by atoms with van der Waals surface area (Å²) in [5, 5.41) is 0. The Hall–Kier alpha value is -0.590. The lowest BCUT2D eigenvalue weighted by Gasteiger charge is -2.36. The van der Waals surface area contributed by atoms with Gasteiger partial charge in [0.1, 0.15) is 5.67 Å². The average Bonchev–Trinajstić information content (AvgIpc) is 2.41. The molecule has 1 heteroatoms. The van der Waals surface area contributed by atoms with Crippen LogP contribution < -0.4 is 0 Å². The second-order valence-corrected chi connectivity index (χ2v) is 6.08. The van der Waals surface area contributed by atoms with E-state index in [0.717, 1.165) is 25.2 Å². The molecule has 0 unspecified atom stereocenters. The third-order valence-electron chi connectivity index (χ3n) is 4.71. The Balaban J connectivity index is 1.77. The highest BCUT2D eigenvalue weighted by atomic mass is 19.1. The summed E-state index contributed by atoms with van der Waals surface area (Å²) in [6, 6.07) is 0. The van der Waals surface area contributed by atoms with E-state index >= 15 is 0 Å². The first-order valence-electron chi connectivity index (χ1n) is 7.79. The second kappa shape index (κ2) is 6.54. The summed E-state index contributed by atoms with van der Waals surface area (Å²) < 4.78 is 14.7. The van der Waals surface area contributed by atoms with E-state index in [9.17, 15) is 4.39 Å². The minimum Gasteiger partial charge on any atom is -0.234 e. The third kappa shape index (κ3) is 3.46. The van der Waals surface area contributed by atoms with Crippen molar-refractivity contribution in [3.63, 3.8) is 0 Å². The standard InChI is InChI=1S/C17H27F/c1-2-3-5-8-15-9-11-16(12-10-15)17(18)13-6-4-7-14-17/h6-7,13-16H,2-5,8-12H2,1H3/t15-,16-. The largest absolute Gasteiger partial charge is 0.234 e. The van der Waals surface area contributed by atoms with Crippen molar-refractivity contribution in [3.8, 4) is 0 Å². The molecule has 0 amide bonds. The molecule has 0 aromatic heterocycles. The molecule has 0 aliphatic heterocycles. The molecule has 2 rings (SSSR count). The van der Waals surface area contributed by atoms with E-state index < -0.39 is 5.67 Å². The first-order valence-corrected chi connectivity index (χ1v) is 7.79. The molecular formula is C17H27F. The highest BCUT2D eigenvalue weighted by molar-refractivity contribution is 5.22. The van der Waals surface area contributed by atoms with Crippen LogP contribution in [-0.2, 0) is 0 Å². The molecule has 0 aromatic carbocycles. The minimum absolute atomic E-state index is 0.229. The van der Waals surface area contributed by atoms with E-state index in [1.54, 1.807) is 12.2 Å². The van der Waals surface area contributed by atoms with E-state index in [4.69, 9.17) is 0 Å². The molecule has 0 atom stereocenters. The van der Waals surface area contributed by atoms with E-state index in [1.165, 1.54) is 38.5 Å². The number of rotatable bonds is 5. The van der Waals surface area contributed by atoms with Crippen molar-refractivity contribution in [2.75, 3.05) is 0 Å². The van der Waals surface area contributed by atoms with Gasteiger partial charge in [-0.05, 0) is 37.3 Å². The molecule has 2 aliphatic carbocycles. The van der Waals surface area contributed by atoms with Crippen molar-refractivity contribution >= 4 is 0 Å². The molecule has 0 bridgehead atoms. The number of hydrogen-bond donors (Lipinski definition) is 0. The molecule has 0 nitrogen and oxygen atoms in total. The molecule has 0 heterocycles. The average molecular weight is 250 g/mol. The number of alkyl halides is 1. The van der Waals surface area contributed by atoms with Gasteiger partial charge in [-0.15, -0.1) is 0 Å². The lowest BCUT2D eigenvalue weighted by atomic mass is 9.72. The van der Waals surface area contributed by atoms with Gasteiger partial charge < -0.3 is 0 Å². The minimum atomic E-state index is -1.13. The fourth-order valence-electron chi connectivity index (χ4n) is 3.48. The van der Waals surface area contributed by atoms with Gasteiger partial charge in [0.25, 0.3) is 0 Å². The van der Waals surface area contributed by atoms with Gasteiger partial charge >= 0.3 is 0 Å². The molecule has 0 radical (unpaired) electrons. The summed E-state index contributed by atoms with van der Waals surface area (Å²) >= 11 is 0. The topological polar surface area (TPSA) is 0 Å². The Bertz CT molecular complexity index is 283. The molecule has 0 saturated heterocycles. The Morgan fingerprint density at radius 1 is 1.06 bits per heavy atom. The number of unbranched alkanes of at least 4 members (excludes halogenated alkanes) is 2. The van der Waals surface area contributed by atoms with Crippen LogP contribution >= 0.6 is 0 Å². The monoisotopic (exact) mass is 250 g/mol. The maximum Gasteiger partial charge on any atom is 0.150 e. The summed E-state index contributed by atoms with van der Waals surface area (Å²) in [4.78, 5) is 0. The highest BCUT2D eigenvalue weighted by Crippen LogP contribution is 2.41. The van der Waals surface area contributed by atoms with E-state index in [1.807, 2.05) is 12.2 Å². The Morgan fingerprint density at radius 3 is 2.33 bits per heavy atom. The molecule has 0 N–H and O–H groups in total. The first-order chi connectivity index (χ1) is 8.74. The van der Waals surface area contributed by atoms with Gasteiger partial charge in [-0.2, -0.15) is 0 Å². The van der Waals surface area contributed by atoms with Crippen LogP contribution in [0.25, 0.3) is 0 Å². The normalized spacial score (nSPS) is 30.6. The maximum atomic E-state index is 14.7. The Morgan fingerprint density at radius 2 is 1.72 bits per heavy atom. The van der Waals surface area contributed by atoms with Crippen LogP contribution in [0.4, 0.5) is 4.39 Å². The van der Waals surface area contributed by atoms with Gasteiger partial charge in [0.05, 0.1) is 0 Å². The van der Waals surface area contributed by atoms with Crippen molar-refractivity contribution < 1.29 is 4.39 Å². The van der Waals surface area contributed by atoms with Crippen molar-refractivity contribution in [1.29, 1.82) is 0 Å². The molecule has 0 spiro atoms. The lowest BCUT2D eigenvalue weighted by molar-refractivity contribution is 0.126. The summed E-state index contributed by atoms with van der Waals surface area (Å²) in [7, 11) is 0. The van der Waals surface area contributed by atoms with Crippen LogP contribution in [0.2, 0.25) is 0 Å². The molecule has 2 aliphatic rings. The van der Waals surface area contributed by atoms with Crippen LogP contribution in [0.15, 0.2) is 24.3 Å². The molecule has 1 saturated carbocycles. The van der Waals surface area contributed by atoms with Gasteiger partial charge in [-0.1, -0.05) is 57.6 Å². The van der Waals surface area contributed by atoms with Gasteiger partial charge in [0, 0.05) is 5.92 Å². The zero-order valence-electron chi connectivity index (χ0n) is 11.7. The van der Waals surface area contributed by atoms with E-state index in [-0.39, 0.29) is 5.92 Å². The summed E-state index contributed by atoms with van der Waals surface area (Å²) in [5.41, 5.74) is -1.13. The quantitative estimate of drug-likeness (QED) is 0.440. The predicted molar refractivity (Wildman–Crippen MR) is 76.3 cm³/mol. The fourth-order valence-corrected chi connectivity index (χ4v) is 3.48. The van der Waals surface area contributed by atoms with Crippen molar-refractivity contribution in [2.45, 2.75) is 70.4 Å². The molecular weight excluding hydrogens is 223 g/mol. The summed E-state index contributed by atoms with van der Waals surface area (Å²) in [5.74, 6) is 1.10. The number of halogens is 1. The second-order valence-electron chi connectivity index (χ2n) is 6.08. The van der Waals surface area contributed by atoms with Crippen molar-refractivity contribution in [2.24, 2.45) is 11.8 Å². The van der Waals surface area contributed by atoms with E-state index in [2.05, 4.69) is 6.92 Å². The van der Waals surface area contributed by atoms with Crippen LogP contribution in [-0.4, -0.2) is 5.67 Å². The summed E-state index contributed by atoms with van der Waals surface area (Å²) in [6.45, 7) is 2.26. The molecule has 18 heavy (non-hydrogen) atoms. The molecule has 0 aromatic rings. The fraction of sp³-hybridized carbons (Fsp3) is 0.765. The van der Waals surface area contributed by atoms with Gasteiger partial charge in [-0.25, -0.2) is 4.39 Å². The van der Waals surface area contributed by atoms with Crippen LogP contribution in [0, 0.1) is 11.8 Å². The highest BCUT2D eigenvalue weighted by Gasteiger charge is 2.37. The van der Waals surface area contributed by atoms with E-state index in [0.29, 0.717) is 0 Å². The maximum absolute atomic E-state index is 14.7. The van der Waals surface area contributed by atoms with Crippen LogP contribution in [0.3, 0.4) is 0 Å². The zero-order valence-corrected chi connectivity index (χ0v) is 11.7. The number of hydrogen-bond acceptors (Lipinski definition) is 0. The molecule has 102 valence electrons. The zero-order chi connectivity index (χ0) is 12.8. The third-order valence-corrected chi connectivity index (χ3v) is 4.71. The van der Waals surface area contributed by atoms with Gasteiger partial charge in [-0.3, -0.25) is 0 Å². The van der Waals surface area contributed by atoms with Crippen LogP contribution in [0.1, 0.15) is 64.7 Å². The Labute approximate surface area is 111 Å². The summed E-state index contributed by atoms with van der Waals surface area (Å²) in [6.07, 6.45) is 18.5. The van der Waals surface area contributed by atoms with Crippen LogP contribution in [0.5, 0.6) is 0 Å². The Kier molecular flexibility index (Phi) is 5.03. The van der Waals surface area contributed by atoms with Crippen molar-refractivity contribution in [3.05, 3.63) is 24.3 Å². The lowest BCUT2D eigenvalue weighted by Crippen LogP contribution is -2.33. The van der Waals surface area contributed by atoms with Crippen molar-refractivity contribution in [1.82, 2.24) is 0 Å². The molecule has 1 fully saturated rings. The van der Waals surface area contributed by atoms with Gasteiger partial charge in [0.2, 0.25) is 0 Å². The van der Waals surface area contributed by atoms with Gasteiger partial charge in [0.15, 0.2) is 0 Å². The predicted octanol–water partition coefficient (Wildman–Crippen LogP) is 5.60. The SMILES string of the molecule is CCCCC[C@H]1CC[C@H](C2(F)C=CCC=C2)CC1.